The molecule has 1 aromatic carbocycles. The number of aliphatic hydroxyl groups is 1. The van der Waals surface area contributed by atoms with Gasteiger partial charge in [0.25, 0.3) is 0 Å². The first-order valence-corrected chi connectivity index (χ1v) is 6.95. The third-order valence-corrected chi connectivity index (χ3v) is 3.58. The Morgan fingerprint density at radius 3 is 2.74 bits per heavy atom. The average molecular weight is 265 g/mol. The fourth-order valence-corrected chi connectivity index (χ4v) is 2.29. The van der Waals surface area contributed by atoms with Crippen molar-refractivity contribution in [2.75, 3.05) is 20.3 Å². The summed E-state index contributed by atoms with van der Waals surface area (Å²) in [6.07, 6.45) is 4.32. The molecule has 0 radical (unpaired) electrons. The van der Waals surface area contributed by atoms with E-state index < -0.39 is 0 Å². The van der Waals surface area contributed by atoms with Crippen LogP contribution in [-0.4, -0.2) is 41.4 Å². The molecule has 0 aromatic heterocycles. The molecular weight excluding hydrogens is 242 g/mol. The molecule has 1 aliphatic rings. The molecule has 1 saturated carbocycles. The highest BCUT2D eigenvalue weighted by Gasteiger charge is 2.28. The third kappa shape index (κ3) is 4.11. The summed E-state index contributed by atoms with van der Waals surface area (Å²) in [6.45, 7) is 1.98. The van der Waals surface area contributed by atoms with Crippen LogP contribution < -0.4 is 4.74 Å². The molecule has 4 heteroatoms. The zero-order chi connectivity index (χ0) is 13.7. The standard InChI is InChI=1S/C15H23NO3/c1-19-14-6-7-15(18)12(10-14)11-16(13-4-5-13)8-2-3-9-17/h6-7,10,13,17-18H,2-5,8-9,11H2,1H3. The van der Waals surface area contributed by atoms with Crippen molar-refractivity contribution in [2.24, 2.45) is 0 Å². The number of nitrogens with zero attached hydrogens (tertiary/aromatic N) is 1. The molecule has 0 bridgehead atoms. The first kappa shape index (κ1) is 14.2. The number of benzene rings is 1. The van der Waals surface area contributed by atoms with Crippen molar-refractivity contribution < 1.29 is 14.9 Å². The maximum Gasteiger partial charge on any atom is 0.120 e. The van der Waals surface area contributed by atoms with Crippen LogP contribution in [0.4, 0.5) is 0 Å². The average Bonchev–Trinajstić information content (AvgIpc) is 3.24. The summed E-state index contributed by atoms with van der Waals surface area (Å²) in [6, 6.07) is 6.00. The van der Waals surface area contributed by atoms with Crippen molar-refractivity contribution in [2.45, 2.75) is 38.3 Å². The number of ether oxygens (including phenoxy) is 1. The molecule has 1 fully saturated rings. The summed E-state index contributed by atoms with van der Waals surface area (Å²) in [7, 11) is 1.63. The number of aliphatic hydroxyl groups excluding tert-OH is 1. The lowest BCUT2D eigenvalue weighted by Crippen LogP contribution is -2.27. The Morgan fingerprint density at radius 1 is 1.32 bits per heavy atom. The van der Waals surface area contributed by atoms with Gasteiger partial charge in [-0.1, -0.05) is 0 Å². The Labute approximate surface area is 114 Å². The Kier molecular flexibility index (Phi) is 5.05. The zero-order valence-electron chi connectivity index (χ0n) is 11.5. The van der Waals surface area contributed by atoms with Crippen LogP contribution >= 0.6 is 0 Å². The Balaban J connectivity index is 1.99. The molecular formula is C15H23NO3. The fraction of sp³-hybridized carbons (Fsp3) is 0.600. The molecule has 2 rings (SSSR count). The van der Waals surface area contributed by atoms with Gasteiger partial charge in [0.05, 0.1) is 7.11 Å². The summed E-state index contributed by atoms with van der Waals surface area (Å²) < 4.78 is 5.20. The van der Waals surface area contributed by atoms with Crippen LogP contribution in [0.3, 0.4) is 0 Å². The Morgan fingerprint density at radius 2 is 2.11 bits per heavy atom. The van der Waals surface area contributed by atoms with Crippen molar-refractivity contribution >= 4 is 0 Å². The van der Waals surface area contributed by atoms with Crippen LogP contribution in [0.1, 0.15) is 31.2 Å². The molecule has 1 aromatic rings. The minimum atomic E-state index is 0.253. The van der Waals surface area contributed by atoms with Gasteiger partial charge in [0, 0.05) is 24.8 Å². The number of hydrogen-bond acceptors (Lipinski definition) is 4. The van der Waals surface area contributed by atoms with Crippen LogP contribution in [0, 0.1) is 0 Å². The molecule has 2 N–H and O–H groups in total. The molecule has 19 heavy (non-hydrogen) atoms. The highest BCUT2D eigenvalue weighted by atomic mass is 16.5. The van der Waals surface area contributed by atoms with E-state index in [2.05, 4.69) is 4.90 Å². The maximum atomic E-state index is 9.93. The predicted molar refractivity (Wildman–Crippen MR) is 74.4 cm³/mol. The van der Waals surface area contributed by atoms with Crippen molar-refractivity contribution in [1.82, 2.24) is 4.90 Å². The molecule has 0 unspecified atom stereocenters. The zero-order valence-corrected chi connectivity index (χ0v) is 11.5. The predicted octanol–water partition coefficient (Wildman–Crippen LogP) is 2.14. The van der Waals surface area contributed by atoms with Crippen LogP contribution in [-0.2, 0) is 6.54 Å². The van der Waals surface area contributed by atoms with E-state index >= 15 is 0 Å². The van der Waals surface area contributed by atoms with E-state index in [0.717, 1.165) is 37.2 Å². The minimum absolute atomic E-state index is 0.253. The monoisotopic (exact) mass is 265 g/mol. The minimum Gasteiger partial charge on any atom is -0.508 e. The molecule has 0 amide bonds. The van der Waals surface area contributed by atoms with Crippen LogP contribution in [0.2, 0.25) is 0 Å². The van der Waals surface area contributed by atoms with Gasteiger partial charge in [-0.15, -0.1) is 0 Å². The second-order valence-corrected chi connectivity index (χ2v) is 5.13. The quantitative estimate of drug-likeness (QED) is 0.707. The van der Waals surface area contributed by atoms with Gasteiger partial charge in [-0.3, -0.25) is 4.90 Å². The summed E-state index contributed by atoms with van der Waals surface area (Å²) in [5.41, 5.74) is 0.912. The number of phenolic OH excluding ortho intramolecular Hbond substituents is 1. The van der Waals surface area contributed by atoms with Gasteiger partial charge in [-0.25, -0.2) is 0 Å². The van der Waals surface area contributed by atoms with E-state index in [0.29, 0.717) is 11.8 Å². The molecule has 1 aliphatic carbocycles. The number of methoxy groups -OCH3 is 1. The lowest BCUT2D eigenvalue weighted by atomic mass is 10.1. The topological polar surface area (TPSA) is 52.9 Å². The maximum absolute atomic E-state index is 9.93. The Hall–Kier alpha value is -1.26. The van der Waals surface area contributed by atoms with Crippen LogP contribution in [0.15, 0.2) is 18.2 Å². The molecule has 106 valence electrons. The number of aromatic hydroxyl groups is 1. The summed E-state index contributed by atoms with van der Waals surface area (Å²) >= 11 is 0. The van der Waals surface area contributed by atoms with Crippen LogP contribution in [0.5, 0.6) is 11.5 Å². The van der Waals surface area contributed by atoms with Gasteiger partial charge in [0.2, 0.25) is 0 Å². The van der Waals surface area contributed by atoms with Gasteiger partial charge < -0.3 is 14.9 Å². The van der Waals surface area contributed by atoms with Crippen LogP contribution in [0.25, 0.3) is 0 Å². The molecule has 0 aliphatic heterocycles. The van der Waals surface area contributed by atoms with E-state index in [1.54, 1.807) is 19.2 Å². The summed E-state index contributed by atoms with van der Waals surface area (Å²) in [4.78, 5) is 2.39. The third-order valence-electron chi connectivity index (χ3n) is 3.58. The number of rotatable bonds is 8. The summed E-state index contributed by atoms with van der Waals surface area (Å²) in [5, 5.41) is 18.8. The van der Waals surface area contributed by atoms with Crippen molar-refractivity contribution in [3.8, 4) is 11.5 Å². The largest absolute Gasteiger partial charge is 0.508 e. The van der Waals surface area contributed by atoms with Crippen molar-refractivity contribution in [3.63, 3.8) is 0 Å². The second-order valence-electron chi connectivity index (χ2n) is 5.13. The number of phenols is 1. The highest BCUT2D eigenvalue weighted by molar-refractivity contribution is 5.39. The molecule has 0 atom stereocenters. The molecule has 0 spiro atoms. The van der Waals surface area contributed by atoms with E-state index in [-0.39, 0.29) is 6.61 Å². The first-order valence-electron chi connectivity index (χ1n) is 6.95. The van der Waals surface area contributed by atoms with E-state index in [4.69, 9.17) is 9.84 Å². The van der Waals surface area contributed by atoms with Gasteiger partial charge in [-0.05, 0) is 50.4 Å². The van der Waals surface area contributed by atoms with Gasteiger partial charge >= 0.3 is 0 Å². The van der Waals surface area contributed by atoms with Crippen molar-refractivity contribution in [1.29, 1.82) is 0 Å². The lowest BCUT2D eigenvalue weighted by molar-refractivity contribution is 0.226. The van der Waals surface area contributed by atoms with Gasteiger partial charge in [0.15, 0.2) is 0 Å². The normalized spacial score (nSPS) is 14.9. The smallest absolute Gasteiger partial charge is 0.120 e. The summed E-state index contributed by atoms with van der Waals surface area (Å²) in [5.74, 6) is 1.10. The lowest BCUT2D eigenvalue weighted by Gasteiger charge is -2.22. The molecule has 0 saturated heterocycles. The SMILES string of the molecule is COc1ccc(O)c(CN(CCCCO)C2CC2)c1. The fourth-order valence-electron chi connectivity index (χ4n) is 2.29. The van der Waals surface area contributed by atoms with Gasteiger partial charge in [-0.2, -0.15) is 0 Å². The van der Waals surface area contributed by atoms with E-state index in [1.165, 1.54) is 12.8 Å². The molecule has 4 nitrogen and oxygen atoms in total. The molecule has 0 heterocycles. The van der Waals surface area contributed by atoms with E-state index in [1.807, 2.05) is 6.07 Å². The first-order chi connectivity index (χ1) is 9.24. The van der Waals surface area contributed by atoms with Gasteiger partial charge in [0.1, 0.15) is 11.5 Å². The van der Waals surface area contributed by atoms with Crippen molar-refractivity contribution in [3.05, 3.63) is 23.8 Å². The Bertz CT molecular complexity index is 404. The number of hydrogen-bond donors (Lipinski definition) is 2. The van der Waals surface area contributed by atoms with E-state index in [9.17, 15) is 5.11 Å². The number of unbranched alkanes of at least 4 members (excludes halogenated alkanes) is 1. The second kappa shape index (κ2) is 6.78. The highest BCUT2D eigenvalue weighted by Crippen LogP contribution is 2.31.